The number of aromatic carboxylic acids is 1. The number of carbonyl (C=O) groups is 1. The molecule has 2 aromatic rings. The molecule has 1 atom stereocenters. The zero-order valence-corrected chi connectivity index (χ0v) is 14.4. The molecule has 0 saturated carbocycles. The number of nitrogens with zero attached hydrogens (tertiary/aromatic N) is 3. The quantitative estimate of drug-likeness (QED) is 0.885. The fourth-order valence-corrected chi connectivity index (χ4v) is 3.52. The van der Waals surface area contributed by atoms with E-state index >= 15 is 0 Å². The van der Waals surface area contributed by atoms with Gasteiger partial charge in [-0.15, -0.1) is 0 Å². The number of hydrogen-bond acceptors (Lipinski definition) is 3. The number of rotatable bonds is 6. The molecule has 5 heteroatoms. The molecule has 0 spiro atoms. The van der Waals surface area contributed by atoms with Crippen LogP contribution in [-0.2, 0) is 13.0 Å². The molecule has 5 nitrogen and oxygen atoms in total. The first kappa shape index (κ1) is 16.7. The minimum atomic E-state index is -0.856. The van der Waals surface area contributed by atoms with Crippen molar-refractivity contribution >= 4 is 5.97 Å². The van der Waals surface area contributed by atoms with Crippen LogP contribution in [0.25, 0.3) is 0 Å². The van der Waals surface area contributed by atoms with Crippen LogP contribution in [0.5, 0.6) is 0 Å². The van der Waals surface area contributed by atoms with Crippen molar-refractivity contribution in [1.82, 2.24) is 14.5 Å². The van der Waals surface area contributed by atoms with Gasteiger partial charge in [-0.1, -0.05) is 12.1 Å². The highest BCUT2D eigenvalue weighted by Gasteiger charge is 2.24. The summed E-state index contributed by atoms with van der Waals surface area (Å²) in [6.07, 6.45) is 6.02. The summed E-state index contributed by atoms with van der Waals surface area (Å²) in [6.45, 7) is 7.36. The highest BCUT2D eigenvalue weighted by Crippen LogP contribution is 2.23. The molecule has 128 valence electrons. The third kappa shape index (κ3) is 3.85. The molecule has 1 fully saturated rings. The molecule has 1 aromatic carbocycles. The lowest BCUT2D eigenvalue weighted by molar-refractivity contribution is 0.0696. The first-order valence-electron chi connectivity index (χ1n) is 8.59. The van der Waals surface area contributed by atoms with E-state index in [1.54, 1.807) is 12.1 Å². The Morgan fingerprint density at radius 1 is 1.42 bits per heavy atom. The van der Waals surface area contributed by atoms with Crippen LogP contribution in [0.2, 0.25) is 0 Å². The zero-order valence-electron chi connectivity index (χ0n) is 14.4. The van der Waals surface area contributed by atoms with Crippen LogP contribution in [0.15, 0.2) is 36.7 Å². The zero-order chi connectivity index (χ0) is 17.1. The summed E-state index contributed by atoms with van der Waals surface area (Å²) in [5.41, 5.74) is 1.49. The molecule has 1 aliphatic rings. The Morgan fingerprint density at radius 2 is 2.25 bits per heavy atom. The molecule has 24 heavy (non-hydrogen) atoms. The molecule has 0 radical (unpaired) electrons. The third-order valence-corrected chi connectivity index (χ3v) is 4.74. The second-order valence-corrected chi connectivity index (χ2v) is 6.94. The molecule has 1 N–H and O–H groups in total. The van der Waals surface area contributed by atoms with Gasteiger partial charge >= 0.3 is 5.97 Å². The van der Waals surface area contributed by atoms with E-state index in [9.17, 15) is 4.79 Å². The van der Waals surface area contributed by atoms with Crippen molar-refractivity contribution in [2.45, 2.75) is 39.3 Å². The third-order valence-electron chi connectivity index (χ3n) is 4.74. The summed E-state index contributed by atoms with van der Waals surface area (Å²) in [7, 11) is 0. The molecule has 2 heterocycles. The fourth-order valence-electron chi connectivity index (χ4n) is 3.52. The Kier molecular flexibility index (Phi) is 5.00. The van der Waals surface area contributed by atoms with Crippen LogP contribution in [0.3, 0.4) is 0 Å². The summed E-state index contributed by atoms with van der Waals surface area (Å²) in [5.74, 6) is 0.848. The van der Waals surface area contributed by atoms with Crippen molar-refractivity contribution in [3.63, 3.8) is 0 Å². The molecule has 1 saturated heterocycles. The topological polar surface area (TPSA) is 58.4 Å². The highest BCUT2D eigenvalue weighted by atomic mass is 16.4. The van der Waals surface area contributed by atoms with Crippen LogP contribution >= 0.6 is 0 Å². The normalized spacial score (nSPS) is 18.4. The number of carboxylic acid groups (broad SMARTS) is 1. The lowest BCUT2D eigenvalue weighted by atomic mass is 9.97. The summed E-state index contributed by atoms with van der Waals surface area (Å²) in [5, 5.41) is 9.11. The smallest absolute Gasteiger partial charge is 0.335 e. The van der Waals surface area contributed by atoms with E-state index < -0.39 is 5.97 Å². The Bertz CT molecular complexity index is 708. The van der Waals surface area contributed by atoms with Gasteiger partial charge < -0.3 is 9.67 Å². The van der Waals surface area contributed by atoms with E-state index in [0.29, 0.717) is 17.5 Å². The molecule has 1 aromatic heterocycles. The Hall–Kier alpha value is -2.14. The summed E-state index contributed by atoms with van der Waals surface area (Å²) < 4.78 is 2.23. The summed E-state index contributed by atoms with van der Waals surface area (Å²) in [6, 6.07) is 7.75. The Balaban J connectivity index is 1.58. The molecule has 3 rings (SSSR count). The molecule has 0 aliphatic carbocycles. The number of likely N-dealkylation sites (tertiary alicyclic amines) is 1. The van der Waals surface area contributed by atoms with Gasteiger partial charge in [0.25, 0.3) is 0 Å². The van der Waals surface area contributed by atoms with E-state index in [2.05, 4.69) is 28.3 Å². The van der Waals surface area contributed by atoms with Crippen molar-refractivity contribution in [1.29, 1.82) is 0 Å². The van der Waals surface area contributed by atoms with Gasteiger partial charge in [-0.25, -0.2) is 9.78 Å². The largest absolute Gasteiger partial charge is 0.478 e. The molecular weight excluding hydrogens is 302 g/mol. The van der Waals surface area contributed by atoms with Gasteiger partial charge in [0.05, 0.1) is 12.1 Å². The van der Waals surface area contributed by atoms with Gasteiger partial charge in [-0.2, -0.15) is 0 Å². The van der Waals surface area contributed by atoms with Crippen molar-refractivity contribution in [3.05, 3.63) is 53.6 Å². The Morgan fingerprint density at radius 3 is 3.00 bits per heavy atom. The second-order valence-electron chi connectivity index (χ2n) is 6.94. The lowest BCUT2D eigenvalue weighted by Crippen LogP contribution is -2.23. The van der Waals surface area contributed by atoms with Gasteiger partial charge in [0, 0.05) is 25.0 Å². The molecule has 1 aliphatic heterocycles. The average molecular weight is 327 g/mol. The van der Waals surface area contributed by atoms with Crippen LogP contribution in [-0.4, -0.2) is 38.6 Å². The maximum atomic E-state index is 11.1. The van der Waals surface area contributed by atoms with Gasteiger partial charge in [-0.05, 0) is 56.8 Å². The lowest BCUT2D eigenvalue weighted by Gasteiger charge is -2.18. The summed E-state index contributed by atoms with van der Waals surface area (Å²) in [4.78, 5) is 18.0. The SMILES string of the molecule is CC(C)n1ccnc1CN1CC[C@H](Cc2cccc(C(=O)O)c2)C1. The van der Waals surface area contributed by atoms with E-state index in [0.717, 1.165) is 43.9 Å². The first-order chi connectivity index (χ1) is 11.5. The van der Waals surface area contributed by atoms with Gasteiger partial charge in [0.1, 0.15) is 5.82 Å². The molecular formula is C19H25N3O2. The standard InChI is InChI=1S/C19H25N3O2/c1-14(2)22-9-7-20-18(22)13-21-8-6-16(12-21)10-15-4-3-5-17(11-15)19(23)24/h3-5,7,9,11,14,16H,6,8,10,12-13H2,1-2H3,(H,23,24)/t16-/m1/s1. The monoisotopic (exact) mass is 327 g/mol. The van der Waals surface area contributed by atoms with Crippen LogP contribution < -0.4 is 0 Å². The summed E-state index contributed by atoms with van der Waals surface area (Å²) >= 11 is 0. The van der Waals surface area contributed by atoms with E-state index in [1.807, 2.05) is 24.5 Å². The van der Waals surface area contributed by atoms with Gasteiger partial charge in [0.2, 0.25) is 0 Å². The minimum absolute atomic E-state index is 0.376. The predicted molar refractivity (Wildman–Crippen MR) is 93.1 cm³/mol. The van der Waals surface area contributed by atoms with Crippen molar-refractivity contribution in [2.24, 2.45) is 5.92 Å². The average Bonchev–Trinajstić information content (AvgIpc) is 3.17. The highest BCUT2D eigenvalue weighted by molar-refractivity contribution is 5.87. The second kappa shape index (κ2) is 7.18. The first-order valence-corrected chi connectivity index (χ1v) is 8.59. The number of imidazole rings is 1. The predicted octanol–water partition coefficient (Wildman–Crippen LogP) is 3.23. The molecule has 0 bridgehead atoms. The van der Waals surface area contributed by atoms with E-state index in [4.69, 9.17) is 5.11 Å². The van der Waals surface area contributed by atoms with Crippen molar-refractivity contribution < 1.29 is 9.90 Å². The van der Waals surface area contributed by atoms with E-state index in [-0.39, 0.29) is 0 Å². The maximum absolute atomic E-state index is 11.1. The van der Waals surface area contributed by atoms with Crippen LogP contribution in [0.4, 0.5) is 0 Å². The number of aromatic nitrogens is 2. The fraction of sp³-hybridized carbons (Fsp3) is 0.474. The van der Waals surface area contributed by atoms with Gasteiger partial charge in [0.15, 0.2) is 0 Å². The van der Waals surface area contributed by atoms with E-state index in [1.165, 1.54) is 0 Å². The Labute approximate surface area is 142 Å². The van der Waals surface area contributed by atoms with Gasteiger partial charge in [-0.3, -0.25) is 4.90 Å². The number of benzene rings is 1. The molecule has 0 amide bonds. The number of hydrogen-bond donors (Lipinski definition) is 1. The number of carboxylic acids is 1. The van der Waals surface area contributed by atoms with Crippen LogP contribution in [0.1, 0.15) is 48.1 Å². The molecule has 0 unspecified atom stereocenters. The van der Waals surface area contributed by atoms with Crippen LogP contribution in [0, 0.1) is 5.92 Å². The van der Waals surface area contributed by atoms with Crippen molar-refractivity contribution in [2.75, 3.05) is 13.1 Å². The maximum Gasteiger partial charge on any atom is 0.335 e. The van der Waals surface area contributed by atoms with Crippen molar-refractivity contribution in [3.8, 4) is 0 Å². The minimum Gasteiger partial charge on any atom is -0.478 e.